The molecule has 0 atom stereocenters. The van der Waals surface area contributed by atoms with E-state index < -0.39 is 0 Å². The van der Waals surface area contributed by atoms with Crippen molar-refractivity contribution in [2.24, 2.45) is 0 Å². The van der Waals surface area contributed by atoms with E-state index in [0.29, 0.717) is 22.8 Å². The van der Waals surface area contributed by atoms with Crippen molar-refractivity contribution >= 4 is 23.4 Å². The van der Waals surface area contributed by atoms with Crippen LogP contribution in [0, 0.1) is 18.3 Å². The van der Waals surface area contributed by atoms with Crippen LogP contribution in [0.25, 0.3) is 22.4 Å². The van der Waals surface area contributed by atoms with Gasteiger partial charge in [0.1, 0.15) is 11.1 Å². The average molecular weight is 450 g/mol. The number of pyridine rings is 1. The molecular weight excluding hydrogens is 426 g/mol. The minimum atomic E-state index is -0.0610. The van der Waals surface area contributed by atoms with Crippen molar-refractivity contribution in [3.63, 3.8) is 0 Å². The topological polar surface area (TPSA) is 65.8 Å². The Bertz CT molecular complexity index is 1300. The average Bonchev–Trinajstić information content (AvgIpc) is 2.84. The van der Waals surface area contributed by atoms with Crippen LogP contribution in [0.2, 0.25) is 0 Å². The fraction of sp³-hybridized carbons (Fsp3) is 0.107. The highest BCUT2D eigenvalue weighted by Crippen LogP contribution is 2.34. The van der Waals surface area contributed by atoms with E-state index in [-0.39, 0.29) is 5.91 Å². The smallest absolute Gasteiger partial charge is 0.225 e. The van der Waals surface area contributed by atoms with Gasteiger partial charge in [-0.3, -0.25) is 4.79 Å². The molecule has 1 N–H and O–H groups in total. The van der Waals surface area contributed by atoms with Gasteiger partial charge in [0.15, 0.2) is 0 Å². The van der Waals surface area contributed by atoms with Gasteiger partial charge in [0.2, 0.25) is 5.91 Å². The van der Waals surface area contributed by atoms with E-state index in [1.165, 1.54) is 11.8 Å². The number of rotatable bonds is 7. The minimum absolute atomic E-state index is 0.0610. The van der Waals surface area contributed by atoms with E-state index in [0.717, 1.165) is 33.6 Å². The van der Waals surface area contributed by atoms with Crippen molar-refractivity contribution in [3.05, 3.63) is 102 Å². The summed E-state index contributed by atoms with van der Waals surface area (Å²) >= 11 is 1.44. The Morgan fingerprint density at radius 3 is 2.30 bits per heavy atom. The number of carbonyl (C=O) groups is 1. The number of anilines is 1. The summed E-state index contributed by atoms with van der Waals surface area (Å²) in [5.41, 5.74) is 6.02. The third kappa shape index (κ3) is 5.68. The number of nitrogens with one attached hydrogen (secondary N) is 1. The first-order valence-electron chi connectivity index (χ1n) is 10.7. The Kier molecular flexibility index (Phi) is 7.19. The van der Waals surface area contributed by atoms with Gasteiger partial charge in [-0.2, -0.15) is 5.26 Å². The summed E-state index contributed by atoms with van der Waals surface area (Å²) in [6.45, 7) is 1.99. The lowest BCUT2D eigenvalue weighted by molar-refractivity contribution is -0.115. The highest BCUT2D eigenvalue weighted by atomic mass is 32.2. The highest BCUT2D eigenvalue weighted by Gasteiger charge is 2.16. The SMILES string of the molecule is Cc1cccc(NC(=O)CCSc2nc(-c3ccccc3)cc(-c3ccccc3)c2C#N)c1. The fourth-order valence-electron chi connectivity index (χ4n) is 3.52. The molecule has 0 unspecified atom stereocenters. The number of hydrogen-bond acceptors (Lipinski definition) is 4. The van der Waals surface area contributed by atoms with Crippen molar-refractivity contribution in [1.82, 2.24) is 4.98 Å². The zero-order valence-electron chi connectivity index (χ0n) is 18.3. The van der Waals surface area contributed by atoms with Crippen molar-refractivity contribution in [1.29, 1.82) is 5.26 Å². The van der Waals surface area contributed by atoms with Gasteiger partial charge < -0.3 is 5.32 Å². The Balaban J connectivity index is 1.58. The molecule has 5 heteroatoms. The van der Waals surface area contributed by atoms with Crippen LogP contribution in [0.15, 0.2) is 96.0 Å². The number of amides is 1. The van der Waals surface area contributed by atoms with Crippen molar-refractivity contribution in [3.8, 4) is 28.5 Å². The maximum absolute atomic E-state index is 12.4. The molecule has 3 aromatic carbocycles. The van der Waals surface area contributed by atoms with Gasteiger partial charge in [-0.25, -0.2) is 4.98 Å². The molecule has 0 aliphatic carbocycles. The molecule has 0 saturated carbocycles. The van der Waals surface area contributed by atoms with E-state index in [1.54, 1.807) is 0 Å². The Hall–Kier alpha value is -3.88. The second-order valence-electron chi connectivity index (χ2n) is 7.60. The lowest BCUT2D eigenvalue weighted by atomic mass is 9.99. The van der Waals surface area contributed by atoms with Gasteiger partial charge in [0.05, 0.1) is 11.3 Å². The second-order valence-corrected chi connectivity index (χ2v) is 8.68. The van der Waals surface area contributed by atoms with E-state index in [4.69, 9.17) is 4.98 Å². The van der Waals surface area contributed by atoms with Crippen LogP contribution in [0.1, 0.15) is 17.5 Å². The van der Waals surface area contributed by atoms with Gasteiger partial charge >= 0.3 is 0 Å². The predicted octanol–water partition coefficient (Wildman–Crippen LogP) is 6.72. The van der Waals surface area contributed by atoms with Gasteiger partial charge in [-0.1, -0.05) is 72.8 Å². The van der Waals surface area contributed by atoms with Crippen molar-refractivity contribution in [2.45, 2.75) is 18.4 Å². The zero-order valence-corrected chi connectivity index (χ0v) is 19.1. The molecule has 0 spiro atoms. The first-order valence-corrected chi connectivity index (χ1v) is 11.7. The van der Waals surface area contributed by atoms with E-state index in [1.807, 2.05) is 97.9 Å². The lowest BCUT2D eigenvalue weighted by Crippen LogP contribution is -2.12. The molecular formula is C28H23N3OS. The normalized spacial score (nSPS) is 10.4. The van der Waals surface area contributed by atoms with Crippen LogP contribution in [0.5, 0.6) is 0 Å². The summed E-state index contributed by atoms with van der Waals surface area (Å²) in [6, 6.07) is 31.8. The van der Waals surface area contributed by atoms with Crippen LogP contribution in [-0.2, 0) is 4.79 Å². The third-order valence-corrected chi connectivity index (χ3v) is 6.10. The maximum atomic E-state index is 12.4. The Morgan fingerprint density at radius 1 is 0.939 bits per heavy atom. The molecule has 162 valence electrons. The van der Waals surface area contributed by atoms with Gasteiger partial charge in [0.25, 0.3) is 0 Å². The number of aromatic nitrogens is 1. The first kappa shape index (κ1) is 22.3. The molecule has 4 nitrogen and oxygen atoms in total. The number of nitriles is 1. The van der Waals surface area contributed by atoms with E-state index >= 15 is 0 Å². The molecule has 1 aromatic heterocycles. The summed E-state index contributed by atoms with van der Waals surface area (Å²) in [5.74, 6) is 0.459. The van der Waals surface area contributed by atoms with Crippen LogP contribution in [0.4, 0.5) is 5.69 Å². The minimum Gasteiger partial charge on any atom is -0.326 e. The largest absolute Gasteiger partial charge is 0.326 e. The molecule has 1 amide bonds. The molecule has 0 aliphatic rings. The standard InChI is InChI=1S/C28H23N3OS/c1-20-9-8-14-23(17-20)30-27(32)15-16-33-28-25(19-29)24(21-10-4-2-5-11-21)18-26(31-28)22-12-6-3-7-13-22/h2-14,17-18H,15-16H2,1H3,(H,30,32). The number of aryl methyl sites for hydroxylation is 1. The lowest BCUT2D eigenvalue weighted by Gasteiger charge is -2.13. The monoisotopic (exact) mass is 449 g/mol. The van der Waals surface area contributed by atoms with Gasteiger partial charge in [0, 0.05) is 29.0 Å². The van der Waals surface area contributed by atoms with Crippen molar-refractivity contribution < 1.29 is 4.79 Å². The molecule has 0 fully saturated rings. The van der Waals surface area contributed by atoms with Gasteiger partial charge in [-0.05, 0) is 36.2 Å². The Morgan fingerprint density at radius 2 is 1.64 bits per heavy atom. The Labute approximate surface area is 198 Å². The first-order chi connectivity index (χ1) is 16.1. The zero-order chi connectivity index (χ0) is 23.0. The fourth-order valence-corrected chi connectivity index (χ4v) is 4.47. The summed E-state index contributed by atoms with van der Waals surface area (Å²) in [4.78, 5) is 17.2. The van der Waals surface area contributed by atoms with E-state index in [9.17, 15) is 10.1 Å². The third-order valence-electron chi connectivity index (χ3n) is 5.12. The maximum Gasteiger partial charge on any atom is 0.225 e. The van der Waals surface area contributed by atoms with Gasteiger partial charge in [-0.15, -0.1) is 11.8 Å². The highest BCUT2D eigenvalue weighted by molar-refractivity contribution is 7.99. The van der Waals surface area contributed by atoms with Crippen LogP contribution >= 0.6 is 11.8 Å². The molecule has 33 heavy (non-hydrogen) atoms. The van der Waals surface area contributed by atoms with Crippen LogP contribution in [-0.4, -0.2) is 16.6 Å². The number of nitrogens with zero attached hydrogens (tertiary/aromatic N) is 2. The number of thioether (sulfide) groups is 1. The summed E-state index contributed by atoms with van der Waals surface area (Å²) in [6.07, 6.45) is 0.321. The quantitative estimate of drug-likeness (QED) is 0.318. The van der Waals surface area contributed by atoms with E-state index in [2.05, 4.69) is 11.4 Å². The predicted molar refractivity (Wildman–Crippen MR) is 135 cm³/mol. The van der Waals surface area contributed by atoms with Crippen LogP contribution < -0.4 is 5.32 Å². The van der Waals surface area contributed by atoms with Crippen LogP contribution in [0.3, 0.4) is 0 Å². The molecule has 1 heterocycles. The molecule has 0 saturated heterocycles. The van der Waals surface area contributed by atoms with Crippen molar-refractivity contribution in [2.75, 3.05) is 11.1 Å². The molecule has 4 rings (SSSR count). The molecule has 0 aliphatic heterocycles. The summed E-state index contributed by atoms with van der Waals surface area (Å²) < 4.78 is 0. The molecule has 0 bridgehead atoms. The summed E-state index contributed by atoms with van der Waals surface area (Å²) in [5, 5.41) is 13.5. The molecule has 0 radical (unpaired) electrons. The number of carbonyl (C=O) groups excluding carboxylic acids is 1. The number of benzene rings is 3. The number of hydrogen-bond donors (Lipinski definition) is 1. The molecule has 4 aromatic rings. The second kappa shape index (κ2) is 10.6. The summed E-state index contributed by atoms with van der Waals surface area (Å²) in [7, 11) is 0.